The predicted molar refractivity (Wildman–Crippen MR) is 64.3 cm³/mol. The normalized spacial score (nSPS) is 27.2. The van der Waals surface area contributed by atoms with E-state index in [9.17, 15) is 4.79 Å². The molecule has 0 bridgehead atoms. The zero-order chi connectivity index (χ0) is 12.2. The molecular formula is C12H24N2O2. The third kappa shape index (κ3) is 3.19. The number of ether oxygens (including phenoxy) is 1. The van der Waals surface area contributed by atoms with E-state index in [0.717, 1.165) is 19.6 Å². The van der Waals surface area contributed by atoms with Crippen LogP contribution < -0.4 is 10.6 Å². The molecule has 94 valence electrons. The summed E-state index contributed by atoms with van der Waals surface area (Å²) in [5, 5.41) is 6.24. The van der Waals surface area contributed by atoms with Gasteiger partial charge in [0.1, 0.15) is 0 Å². The minimum Gasteiger partial charge on any atom is -0.378 e. The highest BCUT2D eigenvalue weighted by molar-refractivity contribution is 5.72. The summed E-state index contributed by atoms with van der Waals surface area (Å²) in [6, 6.07) is 0.498. The number of rotatable bonds is 6. The van der Waals surface area contributed by atoms with Crippen LogP contribution in [0.15, 0.2) is 0 Å². The van der Waals surface area contributed by atoms with E-state index in [1.54, 1.807) is 6.92 Å². The molecule has 2 unspecified atom stereocenters. The fraction of sp³-hybridized carbons (Fsp3) is 0.917. The third-order valence-electron chi connectivity index (χ3n) is 3.44. The molecule has 2 N–H and O–H groups in total. The SMILES string of the molecule is CCOC1CC(NCCNC(C)=O)C1(C)C. The molecule has 1 amide bonds. The lowest BCUT2D eigenvalue weighted by Gasteiger charge is -2.52. The maximum atomic E-state index is 10.7. The Morgan fingerprint density at radius 2 is 2.12 bits per heavy atom. The van der Waals surface area contributed by atoms with Crippen LogP contribution in [0.2, 0.25) is 0 Å². The maximum absolute atomic E-state index is 10.7. The Labute approximate surface area is 98.1 Å². The number of amides is 1. The Bertz CT molecular complexity index is 241. The Hall–Kier alpha value is -0.610. The van der Waals surface area contributed by atoms with Crippen molar-refractivity contribution in [3.63, 3.8) is 0 Å². The van der Waals surface area contributed by atoms with Gasteiger partial charge in [0.25, 0.3) is 0 Å². The van der Waals surface area contributed by atoms with Crippen molar-refractivity contribution in [3.05, 3.63) is 0 Å². The molecule has 0 heterocycles. The first-order valence-corrected chi connectivity index (χ1v) is 6.08. The zero-order valence-corrected chi connectivity index (χ0v) is 10.8. The standard InChI is InChI=1S/C12H24N2O2/c1-5-16-11-8-10(12(11,3)4)14-7-6-13-9(2)15/h10-11,14H,5-8H2,1-4H3,(H,13,15). The molecular weight excluding hydrogens is 204 g/mol. The monoisotopic (exact) mass is 228 g/mol. The van der Waals surface area contributed by atoms with Gasteiger partial charge in [-0.1, -0.05) is 13.8 Å². The summed E-state index contributed by atoms with van der Waals surface area (Å²) >= 11 is 0. The van der Waals surface area contributed by atoms with Gasteiger partial charge in [0.15, 0.2) is 0 Å². The third-order valence-corrected chi connectivity index (χ3v) is 3.44. The highest BCUT2D eigenvalue weighted by Gasteiger charge is 2.48. The van der Waals surface area contributed by atoms with E-state index in [1.807, 2.05) is 6.92 Å². The molecule has 0 aromatic carbocycles. The second-order valence-corrected chi connectivity index (χ2v) is 4.99. The Kier molecular flexibility index (Phi) is 4.74. The molecule has 0 aliphatic heterocycles. The van der Waals surface area contributed by atoms with Crippen molar-refractivity contribution in [3.8, 4) is 0 Å². The van der Waals surface area contributed by atoms with Gasteiger partial charge in [-0.05, 0) is 13.3 Å². The van der Waals surface area contributed by atoms with Crippen LogP contribution in [0.5, 0.6) is 0 Å². The van der Waals surface area contributed by atoms with Gasteiger partial charge in [-0.25, -0.2) is 0 Å². The molecule has 16 heavy (non-hydrogen) atoms. The van der Waals surface area contributed by atoms with E-state index in [2.05, 4.69) is 24.5 Å². The number of nitrogens with one attached hydrogen (secondary N) is 2. The van der Waals surface area contributed by atoms with Crippen LogP contribution in [0.4, 0.5) is 0 Å². The van der Waals surface area contributed by atoms with E-state index in [0.29, 0.717) is 18.7 Å². The number of hydrogen-bond acceptors (Lipinski definition) is 3. The van der Waals surface area contributed by atoms with Gasteiger partial charge in [-0.3, -0.25) is 4.79 Å². The fourth-order valence-electron chi connectivity index (χ4n) is 2.20. The predicted octanol–water partition coefficient (Wildman–Crippen LogP) is 0.916. The van der Waals surface area contributed by atoms with E-state index in [-0.39, 0.29) is 11.3 Å². The molecule has 1 fully saturated rings. The molecule has 4 heteroatoms. The lowest BCUT2D eigenvalue weighted by atomic mass is 9.64. The Balaban J connectivity index is 2.18. The van der Waals surface area contributed by atoms with Crippen molar-refractivity contribution in [1.82, 2.24) is 10.6 Å². The van der Waals surface area contributed by atoms with E-state index >= 15 is 0 Å². The van der Waals surface area contributed by atoms with E-state index in [1.165, 1.54) is 0 Å². The summed E-state index contributed by atoms with van der Waals surface area (Å²) in [5.74, 6) is 0.0295. The van der Waals surface area contributed by atoms with Gasteiger partial charge in [-0.15, -0.1) is 0 Å². The first kappa shape index (κ1) is 13.5. The van der Waals surface area contributed by atoms with Gasteiger partial charge >= 0.3 is 0 Å². The fourth-order valence-corrected chi connectivity index (χ4v) is 2.20. The summed E-state index contributed by atoms with van der Waals surface area (Å²) in [4.78, 5) is 10.7. The van der Waals surface area contributed by atoms with Crippen LogP contribution in [0.1, 0.15) is 34.1 Å². The van der Waals surface area contributed by atoms with Crippen LogP contribution in [0.25, 0.3) is 0 Å². The summed E-state index contributed by atoms with van der Waals surface area (Å²) in [6.07, 6.45) is 1.44. The summed E-state index contributed by atoms with van der Waals surface area (Å²) in [7, 11) is 0. The smallest absolute Gasteiger partial charge is 0.216 e. The number of hydrogen-bond donors (Lipinski definition) is 2. The molecule has 0 spiro atoms. The van der Waals surface area contributed by atoms with E-state index in [4.69, 9.17) is 4.74 Å². The van der Waals surface area contributed by atoms with Crippen LogP contribution in [-0.4, -0.2) is 37.7 Å². The van der Waals surface area contributed by atoms with Crippen molar-refractivity contribution in [2.24, 2.45) is 5.41 Å². The second-order valence-electron chi connectivity index (χ2n) is 4.99. The molecule has 0 aromatic heterocycles. The van der Waals surface area contributed by atoms with Crippen molar-refractivity contribution >= 4 is 5.91 Å². The van der Waals surface area contributed by atoms with Gasteiger partial charge in [0.2, 0.25) is 5.91 Å². The van der Waals surface area contributed by atoms with Crippen LogP contribution in [-0.2, 0) is 9.53 Å². The Morgan fingerprint density at radius 3 is 2.62 bits per heavy atom. The van der Waals surface area contributed by atoms with Crippen molar-refractivity contribution < 1.29 is 9.53 Å². The quantitative estimate of drug-likeness (QED) is 0.665. The zero-order valence-electron chi connectivity index (χ0n) is 10.8. The lowest BCUT2D eigenvalue weighted by Crippen LogP contribution is -2.61. The molecule has 1 aliphatic carbocycles. The summed E-state index contributed by atoms with van der Waals surface area (Å²) in [5.41, 5.74) is 0.201. The van der Waals surface area contributed by atoms with Gasteiger partial charge in [0, 0.05) is 38.1 Å². The number of carbonyl (C=O) groups is 1. The average Bonchev–Trinajstić information content (AvgIpc) is 2.20. The van der Waals surface area contributed by atoms with Crippen LogP contribution in [0.3, 0.4) is 0 Å². The molecule has 1 rings (SSSR count). The maximum Gasteiger partial charge on any atom is 0.216 e. The molecule has 1 saturated carbocycles. The first-order chi connectivity index (χ1) is 7.48. The molecule has 0 radical (unpaired) electrons. The highest BCUT2D eigenvalue weighted by Crippen LogP contribution is 2.42. The average molecular weight is 228 g/mol. The summed E-state index contributed by atoms with van der Waals surface area (Å²) in [6.45, 7) is 10.3. The minimum atomic E-state index is 0.0295. The molecule has 0 saturated heterocycles. The van der Waals surface area contributed by atoms with Gasteiger partial charge < -0.3 is 15.4 Å². The lowest BCUT2D eigenvalue weighted by molar-refractivity contribution is -0.119. The Morgan fingerprint density at radius 1 is 1.44 bits per heavy atom. The highest BCUT2D eigenvalue weighted by atomic mass is 16.5. The van der Waals surface area contributed by atoms with Crippen molar-refractivity contribution in [2.45, 2.75) is 46.3 Å². The topological polar surface area (TPSA) is 50.4 Å². The number of carbonyl (C=O) groups excluding carboxylic acids is 1. The second kappa shape index (κ2) is 5.64. The largest absolute Gasteiger partial charge is 0.378 e. The van der Waals surface area contributed by atoms with Crippen molar-refractivity contribution in [1.29, 1.82) is 0 Å². The van der Waals surface area contributed by atoms with Gasteiger partial charge in [0.05, 0.1) is 6.10 Å². The molecule has 1 aliphatic rings. The summed E-state index contributed by atoms with van der Waals surface area (Å²) < 4.78 is 5.66. The molecule has 2 atom stereocenters. The first-order valence-electron chi connectivity index (χ1n) is 6.08. The molecule has 0 aromatic rings. The van der Waals surface area contributed by atoms with E-state index < -0.39 is 0 Å². The van der Waals surface area contributed by atoms with Crippen molar-refractivity contribution in [2.75, 3.05) is 19.7 Å². The molecule has 4 nitrogen and oxygen atoms in total. The van der Waals surface area contributed by atoms with Crippen LogP contribution in [0, 0.1) is 5.41 Å². The van der Waals surface area contributed by atoms with Gasteiger partial charge in [-0.2, -0.15) is 0 Å². The minimum absolute atomic E-state index is 0.0295. The van der Waals surface area contributed by atoms with Crippen LogP contribution >= 0.6 is 0 Å².